The number of aromatic amines is 1. The summed E-state index contributed by atoms with van der Waals surface area (Å²) in [6.45, 7) is 0.213. The molecule has 0 aliphatic carbocycles. The summed E-state index contributed by atoms with van der Waals surface area (Å²) in [6, 6.07) is 11.2. The van der Waals surface area contributed by atoms with Crippen LogP contribution >= 0.6 is 0 Å². The van der Waals surface area contributed by atoms with Crippen molar-refractivity contribution in [1.82, 2.24) is 25.3 Å². The van der Waals surface area contributed by atoms with E-state index in [1.807, 2.05) is 30.3 Å². The molecule has 0 aliphatic rings. The number of pyridine rings is 1. The minimum atomic E-state index is -4.49. The quantitative estimate of drug-likeness (QED) is 0.546. The molecular weight excluding hydrogens is 383 g/mol. The van der Waals surface area contributed by atoms with Crippen LogP contribution in [0.25, 0.3) is 22.3 Å². The zero-order valence-electron chi connectivity index (χ0n) is 14.9. The molecule has 0 spiro atoms. The maximum absolute atomic E-state index is 12.6. The highest BCUT2D eigenvalue weighted by atomic mass is 19.4. The van der Waals surface area contributed by atoms with E-state index in [1.165, 1.54) is 6.33 Å². The van der Waals surface area contributed by atoms with Crippen LogP contribution in [0.3, 0.4) is 0 Å². The van der Waals surface area contributed by atoms with Crippen LogP contribution in [-0.2, 0) is 12.7 Å². The number of nitrogens with zero attached hydrogens (tertiary/aromatic N) is 3. The van der Waals surface area contributed by atoms with Gasteiger partial charge in [-0.25, -0.2) is 9.97 Å². The third kappa shape index (κ3) is 3.93. The molecule has 0 fully saturated rings. The number of alkyl halides is 3. The van der Waals surface area contributed by atoms with Gasteiger partial charge in [-0.15, -0.1) is 0 Å². The normalized spacial score (nSPS) is 11.6. The van der Waals surface area contributed by atoms with E-state index in [0.717, 1.165) is 40.0 Å². The lowest BCUT2D eigenvalue weighted by Crippen LogP contribution is -2.24. The Morgan fingerprint density at radius 2 is 1.79 bits per heavy atom. The van der Waals surface area contributed by atoms with Crippen LogP contribution in [0, 0.1) is 0 Å². The van der Waals surface area contributed by atoms with Crippen molar-refractivity contribution in [3.05, 3.63) is 78.0 Å². The molecule has 0 aliphatic heterocycles. The van der Waals surface area contributed by atoms with Crippen molar-refractivity contribution < 1.29 is 18.0 Å². The maximum Gasteiger partial charge on any atom is 0.417 e. The largest absolute Gasteiger partial charge is 0.417 e. The molecule has 1 aromatic carbocycles. The van der Waals surface area contributed by atoms with Gasteiger partial charge < -0.3 is 10.3 Å². The minimum absolute atomic E-state index is 0.0783. The van der Waals surface area contributed by atoms with Crippen LogP contribution in [0.1, 0.15) is 21.6 Å². The summed E-state index contributed by atoms with van der Waals surface area (Å²) in [6.07, 6.45) is -0.562. The molecule has 146 valence electrons. The number of nitrogens with one attached hydrogen (secondary N) is 2. The zero-order chi connectivity index (χ0) is 20.4. The van der Waals surface area contributed by atoms with E-state index in [9.17, 15) is 18.0 Å². The van der Waals surface area contributed by atoms with Gasteiger partial charge in [0.1, 0.15) is 17.7 Å². The SMILES string of the molecule is O=C(NCc1ccc(-c2ncnc3[nH]ccc23)cc1)c1ccc(C(F)(F)F)cn1. The van der Waals surface area contributed by atoms with E-state index >= 15 is 0 Å². The number of amides is 1. The molecule has 0 saturated heterocycles. The number of carbonyl (C=O) groups excluding carboxylic acids is 1. The summed E-state index contributed by atoms with van der Waals surface area (Å²) >= 11 is 0. The molecule has 4 aromatic rings. The highest BCUT2D eigenvalue weighted by molar-refractivity contribution is 5.92. The van der Waals surface area contributed by atoms with Crippen molar-refractivity contribution in [2.75, 3.05) is 0 Å². The smallest absolute Gasteiger partial charge is 0.347 e. The number of hydrogen-bond donors (Lipinski definition) is 2. The number of benzene rings is 1. The monoisotopic (exact) mass is 397 g/mol. The highest BCUT2D eigenvalue weighted by Gasteiger charge is 2.30. The molecule has 0 atom stereocenters. The number of carbonyl (C=O) groups is 1. The fraction of sp³-hybridized carbons (Fsp3) is 0.100. The van der Waals surface area contributed by atoms with Gasteiger partial charge in [-0.05, 0) is 23.8 Å². The highest BCUT2D eigenvalue weighted by Crippen LogP contribution is 2.28. The molecule has 0 radical (unpaired) electrons. The fourth-order valence-corrected chi connectivity index (χ4v) is 2.85. The molecular formula is C20H14F3N5O. The van der Waals surface area contributed by atoms with Crippen molar-refractivity contribution in [3.63, 3.8) is 0 Å². The lowest BCUT2D eigenvalue weighted by molar-refractivity contribution is -0.137. The molecule has 2 N–H and O–H groups in total. The molecule has 4 rings (SSSR count). The second-order valence-corrected chi connectivity index (χ2v) is 6.27. The fourth-order valence-electron chi connectivity index (χ4n) is 2.85. The molecule has 6 nitrogen and oxygen atoms in total. The predicted octanol–water partition coefficient (Wildman–Crippen LogP) is 3.97. The summed E-state index contributed by atoms with van der Waals surface area (Å²) in [5, 5.41) is 3.55. The van der Waals surface area contributed by atoms with Gasteiger partial charge in [0.05, 0.1) is 11.3 Å². The number of fused-ring (bicyclic) bond motifs is 1. The number of aromatic nitrogens is 4. The van der Waals surface area contributed by atoms with E-state index in [0.29, 0.717) is 6.20 Å². The Labute approximate surface area is 162 Å². The van der Waals surface area contributed by atoms with E-state index in [4.69, 9.17) is 0 Å². The topological polar surface area (TPSA) is 83.6 Å². The lowest BCUT2D eigenvalue weighted by Gasteiger charge is -2.08. The number of halogens is 3. The second kappa shape index (κ2) is 7.34. The molecule has 3 heterocycles. The lowest BCUT2D eigenvalue weighted by atomic mass is 10.1. The first-order chi connectivity index (χ1) is 13.9. The molecule has 0 bridgehead atoms. The Morgan fingerprint density at radius 3 is 2.48 bits per heavy atom. The van der Waals surface area contributed by atoms with Crippen molar-refractivity contribution in [1.29, 1.82) is 0 Å². The summed E-state index contributed by atoms with van der Waals surface area (Å²) < 4.78 is 37.7. The number of H-pyrrole nitrogens is 1. The van der Waals surface area contributed by atoms with Crippen LogP contribution in [0.15, 0.2) is 61.2 Å². The van der Waals surface area contributed by atoms with Gasteiger partial charge in [0.25, 0.3) is 5.91 Å². The van der Waals surface area contributed by atoms with E-state index in [2.05, 4.69) is 25.3 Å². The van der Waals surface area contributed by atoms with Gasteiger partial charge >= 0.3 is 6.18 Å². The summed E-state index contributed by atoms with van der Waals surface area (Å²) in [7, 11) is 0. The Bertz CT molecular complexity index is 1150. The zero-order valence-corrected chi connectivity index (χ0v) is 14.9. The first-order valence-corrected chi connectivity index (χ1v) is 8.61. The summed E-state index contributed by atoms with van der Waals surface area (Å²) in [5.41, 5.74) is 2.29. The standard InChI is InChI=1S/C20H14F3N5O/c21-20(22,23)14-5-6-16(25-10-14)19(29)26-9-12-1-3-13(4-2-12)17-15-7-8-24-18(15)28-11-27-17/h1-8,10-11H,9H2,(H,26,29)(H,24,27,28). The van der Waals surface area contributed by atoms with Crippen LogP contribution in [-0.4, -0.2) is 25.8 Å². The molecule has 29 heavy (non-hydrogen) atoms. The first-order valence-electron chi connectivity index (χ1n) is 8.61. The van der Waals surface area contributed by atoms with Gasteiger partial charge in [-0.2, -0.15) is 13.2 Å². The van der Waals surface area contributed by atoms with Crippen LogP contribution in [0.4, 0.5) is 13.2 Å². The van der Waals surface area contributed by atoms with Crippen LogP contribution < -0.4 is 5.32 Å². The molecule has 1 amide bonds. The Balaban J connectivity index is 1.43. The van der Waals surface area contributed by atoms with E-state index in [1.54, 1.807) is 6.20 Å². The van der Waals surface area contributed by atoms with Crippen molar-refractivity contribution in [2.24, 2.45) is 0 Å². The third-order valence-electron chi connectivity index (χ3n) is 4.36. The Morgan fingerprint density at radius 1 is 1.00 bits per heavy atom. The van der Waals surface area contributed by atoms with E-state index < -0.39 is 17.6 Å². The Kier molecular flexibility index (Phi) is 4.71. The van der Waals surface area contributed by atoms with Gasteiger partial charge in [0.2, 0.25) is 0 Å². The minimum Gasteiger partial charge on any atom is -0.347 e. The molecule has 0 saturated carbocycles. The average Bonchev–Trinajstić information content (AvgIpc) is 3.21. The van der Waals surface area contributed by atoms with Crippen molar-refractivity contribution in [3.8, 4) is 11.3 Å². The van der Waals surface area contributed by atoms with Crippen LogP contribution in [0.2, 0.25) is 0 Å². The number of hydrogen-bond acceptors (Lipinski definition) is 4. The van der Waals surface area contributed by atoms with Gasteiger partial charge in [-0.3, -0.25) is 9.78 Å². The summed E-state index contributed by atoms with van der Waals surface area (Å²) in [5.74, 6) is -0.548. The van der Waals surface area contributed by atoms with E-state index in [-0.39, 0.29) is 12.2 Å². The van der Waals surface area contributed by atoms with Crippen molar-refractivity contribution in [2.45, 2.75) is 12.7 Å². The predicted molar refractivity (Wildman–Crippen MR) is 99.7 cm³/mol. The first kappa shape index (κ1) is 18.6. The van der Waals surface area contributed by atoms with Gasteiger partial charge in [0.15, 0.2) is 0 Å². The third-order valence-corrected chi connectivity index (χ3v) is 4.36. The van der Waals surface area contributed by atoms with Gasteiger partial charge in [0, 0.05) is 29.9 Å². The van der Waals surface area contributed by atoms with Crippen LogP contribution in [0.5, 0.6) is 0 Å². The van der Waals surface area contributed by atoms with Crippen molar-refractivity contribution >= 4 is 16.9 Å². The van der Waals surface area contributed by atoms with Gasteiger partial charge in [-0.1, -0.05) is 24.3 Å². The molecule has 0 unspecified atom stereocenters. The average molecular weight is 397 g/mol. The Hall–Kier alpha value is -3.75. The maximum atomic E-state index is 12.6. The second-order valence-electron chi connectivity index (χ2n) is 6.27. The number of rotatable bonds is 4. The molecule has 3 aromatic heterocycles. The molecule has 9 heteroatoms. The summed E-state index contributed by atoms with van der Waals surface area (Å²) in [4.78, 5) is 27.2.